The lowest BCUT2D eigenvalue weighted by molar-refractivity contribution is 0.515. The molecule has 2 rings (SSSR count). The zero-order valence-corrected chi connectivity index (χ0v) is 13.9. The first-order valence-electron chi connectivity index (χ1n) is 5.81. The van der Waals surface area contributed by atoms with Gasteiger partial charge in [0.25, 0.3) is 0 Å². The summed E-state index contributed by atoms with van der Waals surface area (Å²) in [4.78, 5) is 0.186. The van der Waals surface area contributed by atoms with Crippen molar-refractivity contribution in [3.8, 4) is 6.07 Å². The van der Waals surface area contributed by atoms with E-state index in [-0.39, 0.29) is 16.9 Å². The predicted octanol–water partition coefficient (Wildman–Crippen LogP) is 3.18. The van der Waals surface area contributed by atoms with E-state index < -0.39 is 10.0 Å². The van der Waals surface area contributed by atoms with Gasteiger partial charge < -0.3 is 0 Å². The Morgan fingerprint density at radius 3 is 2.74 bits per heavy atom. The fraction of sp³-hybridized carbons (Fsp3) is 0.417. The number of hydrogen-bond acceptors (Lipinski definition) is 3. The molecule has 1 aliphatic carbocycles. The minimum absolute atomic E-state index is 0.186. The van der Waals surface area contributed by atoms with E-state index >= 15 is 0 Å². The number of nitrogens with one attached hydrogen (secondary N) is 1. The number of nitriles is 1. The molecule has 1 N–H and O–H groups in total. The summed E-state index contributed by atoms with van der Waals surface area (Å²) >= 11 is 6.50. The summed E-state index contributed by atoms with van der Waals surface area (Å²) < 4.78 is 28.5. The number of sulfonamides is 1. The minimum atomic E-state index is -3.62. The van der Waals surface area contributed by atoms with Crippen LogP contribution in [0.1, 0.15) is 19.3 Å². The molecule has 19 heavy (non-hydrogen) atoms. The molecule has 0 saturated heterocycles. The van der Waals surface area contributed by atoms with Crippen LogP contribution in [0.25, 0.3) is 0 Å². The Bertz CT molecular complexity index is 625. The predicted molar refractivity (Wildman–Crippen MR) is 78.9 cm³/mol. The number of halogens is 2. The first-order chi connectivity index (χ1) is 8.94. The molecular weight excluding hydrogens is 396 g/mol. The molecule has 1 aromatic carbocycles. The fourth-order valence-corrected chi connectivity index (χ4v) is 5.01. The van der Waals surface area contributed by atoms with Crippen LogP contribution in [0.4, 0.5) is 0 Å². The van der Waals surface area contributed by atoms with Crippen molar-refractivity contribution in [1.82, 2.24) is 4.72 Å². The Morgan fingerprint density at radius 2 is 2.05 bits per heavy atom. The number of hydrogen-bond donors (Lipinski definition) is 1. The van der Waals surface area contributed by atoms with E-state index in [2.05, 4.69) is 42.7 Å². The molecule has 4 nitrogen and oxygen atoms in total. The largest absolute Gasteiger partial charge is 0.242 e. The molecule has 0 aliphatic heterocycles. The fourth-order valence-electron chi connectivity index (χ4n) is 2.20. The smallest absolute Gasteiger partial charge is 0.207 e. The van der Waals surface area contributed by atoms with E-state index in [4.69, 9.17) is 5.26 Å². The molecule has 102 valence electrons. The highest BCUT2D eigenvalue weighted by Crippen LogP contribution is 2.29. The van der Waals surface area contributed by atoms with Crippen LogP contribution in [-0.4, -0.2) is 14.5 Å². The lowest BCUT2D eigenvalue weighted by Crippen LogP contribution is -2.37. The summed E-state index contributed by atoms with van der Waals surface area (Å²) in [5.74, 6) is -0.235. The summed E-state index contributed by atoms with van der Waals surface area (Å²) in [6, 6.07) is 6.86. The van der Waals surface area contributed by atoms with Crippen LogP contribution in [0.3, 0.4) is 0 Å². The van der Waals surface area contributed by atoms with Gasteiger partial charge in [0.1, 0.15) is 0 Å². The van der Waals surface area contributed by atoms with Gasteiger partial charge in [-0.1, -0.05) is 22.4 Å². The summed E-state index contributed by atoms with van der Waals surface area (Å²) in [5.41, 5.74) is 0. The standard InChI is InChI=1S/C12H12Br2N2O2S/c13-9-4-5-10(14)12(6-9)19(17,18)16-11-3-1-2-8(11)7-15/h4-6,8,11,16H,1-3H2. The van der Waals surface area contributed by atoms with Crippen molar-refractivity contribution in [3.63, 3.8) is 0 Å². The van der Waals surface area contributed by atoms with Crippen LogP contribution in [0.2, 0.25) is 0 Å². The quantitative estimate of drug-likeness (QED) is 0.836. The van der Waals surface area contributed by atoms with Gasteiger partial charge in [0.05, 0.1) is 16.9 Å². The SMILES string of the molecule is N#CC1CCCC1NS(=O)(=O)c1cc(Br)ccc1Br. The Morgan fingerprint density at radius 1 is 1.32 bits per heavy atom. The van der Waals surface area contributed by atoms with Crippen LogP contribution < -0.4 is 4.72 Å². The lowest BCUT2D eigenvalue weighted by atomic mass is 10.1. The second-order valence-electron chi connectivity index (χ2n) is 4.47. The zero-order chi connectivity index (χ0) is 14.0. The molecular formula is C12H12Br2N2O2S. The van der Waals surface area contributed by atoms with Crippen molar-refractivity contribution >= 4 is 41.9 Å². The van der Waals surface area contributed by atoms with Crippen LogP contribution in [-0.2, 0) is 10.0 Å². The van der Waals surface area contributed by atoms with Crippen molar-refractivity contribution < 1.29 is 8.42 Å². The molecule has 1 fully saturated rings. The Balaban J connectivity index is 2.28. The van der Waals surface area contributed by atoms with Crippen molar-refractivity contribution in [1.29, 1.82) is 5.26 Å². The monoisotopic (exact) mass is 406 g/mol. The van der Waals surface area contributed by atoms with E-state index in [0.29, 0.717) is 15.4 Å². The van der Waals surface area contributed by atoms with Crippen molar-refractivity contribution in [2.45, 2.75) is 30.2 Å². The Hall–Kier alpha value is -0.420. The van der Waals surface area contributed by atoms with Gasteiger partial charge in [-0.2, -0.15) is 5.26 Å². The van der Waals surface area contributed by atoms with Gasteiger partial charge in [-0.05, 0) is 47.0 Å². The van der Waals surface area contributed by atoms with Gasteiger partial charge in [-0.15, -0.1) is 0 Å². The van der Waals surface area contributed by atoms with Gasteiger partial charge in [0.2, 0.25) is 10.0 Å². The second kappa shape index (κ2) is 5.92. The maximum atomic E-state index is 12.4. The van der Waals surface area contributed by atoms with Crippen LogP contribution in [0.15, 0.2) is 32.0 Å². The zero-order valence-electron chi connectivity index (χ0n) is 9.94. The lowest BCUT2D eigenvalue weighted by Gasteiger charge is -2.16. The molecule has 0 radical (unpaired) electrons. The maximum absolute atomic E-state index is 12.4. The summed E-state index contributed by atoms with van der Waals surface area (Å²) in [6.45, 7) is 0. The van der Waals surface area contributed by atoms with E-state index in [0.717, 1.165) is 12.8 Å². The molecule has 0 amide bonds. The van der Waals surface area contributed by atoms with Crippen molar-refractivity contribution in [2.24, 2.45) is 5.92 Å². The van der Waals surface area contributed by atoms with Gasteiger partial charge in [-0.3, -0.25) is 0 Å². The Labute approximate surface area is 129 Å². The van der Waals surface area contributed by atoms with E-state index in [1.165, 1.54) is 0 Å². The van der Waals surface area contributed by atoms with E-state index in [1.807, 2.05) is 0 Å². The minimum Gasteiger partial charge on any atom is -0.207 e. The molecule has 0 heterocycles. The topological polar surface area (TPSA) is 70.0 Å². The maximum Gasteiger partial charge on any atom is 0.242 e. The highest BCUT2D eigenvalue weighted by atomic mass is 79.9. The first-order valence-corrected chi connectivity index (χ1v) is 8.88. The van der Waals surface area contributed by atoms with Gasteiger partial charge in [0.15, 0.2) is 0 Å². The highest BCUT2D eigenvalue weighted by Gasteiger charge is 2.31. The van der Waals surface area contributed by atoms with Crippen molar-refractivity contribution in [3.05, 3.63) is 27.1 Å². The normalized spacial score (nSPS) is 23.2. The number of rotatable bonds is 3. The average molecular weight is 408 g/mol. The molecule has 0 spiro atoms. The number of benzene rings is 1. The third-order valence-corrected chi connectivity index (χ3v) is 6.15. The van der Waals surface area contributed by atoms with Crippen LogP contribution >= 0.6 is 31.9 Å². The second-order valence-corrected chi connectivity index (χ2v) is 7.92. The average Bonchev–Trinajstić information content (AvgIpc) is 2.78. The van der Waals surface area contributed by atoms with E-state index in [9.17, 15) is 8.42 Å². The molecule has 0 bridgehead atoms. The summed E-state index contributed by atoms with van der Waals surface area (Å²) in [7, 11) is -3.62. The summed E-state index contributed by atoms with van der Waals surface area (Å²) in [6.07, 6.45) is 2.34. The molecule has 0 aromatic heterocycles. The van der Waals surface area contributed by atoms with Gasteiger partial charge in [-0.25, -0.2) is 13.1 Å². The van der Waals surface area contributed by atoms with Gasteiger partial charge >= 0.3 is 0 Å². The third-order valence-electron chi connectivity index (χ3n) is 3.17. The van der Waals surface area contributed by atoms with Crippen molar-refractivity contribution in [2.75, 3.05) is 0 Å². The first kappa shape index (κ1) is 15.0. The molecule has 2 atom stereocenters. The third kappa shape index (κ3) is 3.37. The Kier molecular flexibility index (Phi) is 4.66. The highest BCUT2D eigenvalue weighted by molar-refractivity contribution is 9.11. The molecule has 1 aromatic rings. The number of nitrogens with zero attached hydrogens (tertiary/aromatic N) is 1. The molecule has 7 heteroatoms. The van der Waals surface area contributed by atoms with Crippen LogP contribution in [0, 0.1) is 17.2 Å². The van der Waals surface area contributed by atoms with E-state index in [1.54, 1.807) is 18.2 Å². The summed E-state index contributed by atoms with van der Waals surface area (Å²) in [5, 5.41) is 9.00. The molecule has 1 aliphatic rings. The van der Waals surface area contributed by atoms with Crippen LogP contribution in [0.5, 0.6) is 0 Å². The molecule has 2 unspecified atom stereocenters. The van der Waals surface area contributed by atoms with Gasteiger partial charge in [0, 0.05) is 15.0 Å². The molecule has 1 saturated carbocycles.